The van der Waals surface area contributed by atoms with E-state index in [0.717, 1.165) is 31.5 Å². The fourth-order valence-corrected chi connectivity index (χ4v) is 2.36. The van der Waals surface area contributed by atoms with E-state index < -0.39 is 0 Å². The Morgan fingerprint density at radius 1 is 1.42 bits per heavy atom. The number of nitrogens with zero attached hydrogens (tertiary/aromatic N) is 1. The summed E-state index contributed by atoms with van der Waals surface area (Å²) in [5.74, 6) is 1.52. The van der Waals surface area contributed by atoms with Gasteiger partial charge in [0, 0.05) is 31.5 Å². The highest BCUT2D eigenvalue weighted by Gasteiger charge is 2.40. The van der Waals surface area contributed by atoms with Crippen molar-refractivity contribution in [3.63, 3.8) is 0 Å². The number of hydrogen-bond acceptors (Lipinski definition) is 3. The summed E-state index contributed by atoms with van der Waals surface area (Å²) >= 11 is 0. The van der Waals surface area contributed by atoms with Crippen molar-refractivity contribution in [2.24, 2.45) is 11.8 Å². The van der Waals surface area contributed by atoms with Crippen LogP contribution in [-0.4, -0.2) is 51.3 Å². The Balaban J connectivity index is 1.91. The van der Waals surface area contributed by atoms with E-state index in [0.29, 0.717) is 6.10 Å². The van der Waals surface area contributed by atoms with E-state index in [9.17, 15) is 0 Å². The number of fused-ring (bicyclic) bond motifs is 1. The maximum absolute atomic E-state index is 5.70. The molecule has 0 bridgehead atoms. The maximum atomic E-state index is 5.70. The van der Waals surface area contributed by atoms with Gasteiger partial charge < -0.3 is 15.0 Å². The molecule has 0 aromatic heterocycles. The fraction of sp³-hybridized carbons (Fsp3) is 1.00. The van der Waals surface area contributed by atoms with Gasteiger partial charge in [-0.05, 0) is 14.1 Å². The molecule has 0 aromatic carbocycles. The van der Waals surface area contributed by atoms with Crippen LogP contribution < -0.4 is 5.32 Å². The summed E-state index contributed by atoms with van der Waals surface area (Å²) < 4.78 is 5.70. The van der Waals surface area contributed by atoms with Gasteiger partial charge in [0.2, 0.25) is 0 Å². The monoisotopic (exact) mass is 170 g/mol. The first-order valence-electron chi connectivity index (χ1n) is 4.74. The van der Waals surface area contributed by atoms with E-state index >= 15 is 0 Å². The van der Waals surface area contributed by atoms with Crippen LogP contribution in [0.15, 0.2) is 0 Å². The molecule has 0 aromatic rings. The van der Waals surface area contributed by atoms with Crippen molar-refractivity contribution >= 4 is 0 Å². The van der Waals surface area contributed by atoms with Crippen molar-refractivity contribution in [3.8, 4) is 0 Å². The van der Waals surface area contributed by atoms with E-state index in [1.54, 1.807) is 0 Å². The van der Waals surface area contributed by atoms with Crippen molar-refractivity contribution in [1.29, 1.82) is 0 Å². The van der Waals surface area contributed by atoms with Crippen LogP contribution in [0.3, 0.4) is 0 Å². The minimum Gasteiger partial charge on any atom is -0.376 e. The molecule has 0 saturated carbocycles. The van der Waals surface area contributed by atoms with Gasteiger partial charge in [0.05, 0.1) is 12.7 Å². The standard InChI is InChI=1S/C9H18N2O/c1-11(2)5-7-6-12-9-4-10-3-8(7)9/h7-10H,3-6H2,1-2H3/t7?,8?,9-/m1/s1. The summed E-state index contributed by atoms with van der Waals surface area (Å²) in [4.78, 5) is 2.26. The zero-order valence-corrected chi connectivity index (χ0v) is 7.92. The smallest absolute Gasteiger partial charge is 0.0743 e. The summed E-state index contributed by atoms with van der Waals surface area (Å²) in [5.41, 5.74) is 0. The topological polar surface area (TPSA) is 24.5 Å². The van der Waals surface area contributed by atoms with Crippen molar-refractivity contribution in [2.75, 3.05) is 40.3 Å². The van der Waals surface area contributed by atoms with Crippen LogP contribution in [0.5, 0.6) is 0 Å². The summed E-state index contributed by atoms with van der Waals surface area (Å²) in [6.07, 6.45) is 0.509. The maximum Gasteiger partial charge on any atom is 0.0743 e. The van der Waals surface area contributed by atoms with Crippen LogP contribution in [0.25, 0.3) is 0 Å². The molecule has 2 aliphatic rings. The number of nitrogens with one attached hydrogen (secondary N) is 1. The highest BCUT2D eigenvalue weighted by Crippen LogP contribution is 2.29. The van der Waals surface area contributed by atoms with Crippen LogP contribution in [0.2, 0.25) is 0 Å². The van der Waals surface area contributed by atoms with E-state index in [2.05, 4.69) is 24.3 Å². The van der Waals surface area contributed by atoms with Crippen molar-refractivity contribution in [3.05, 3.63) is 0 Å². The molecule has 2 rings (SSSR count). The number of hydrogen-bond donors (Lipinski definition) is 1. The van der Waals surface area contributed by atoms with Crippen molar-refractivity contribution in [2.45, 2.75) is 6.10 Å². The molecule has 2 unspecified atom stereocenters. The molecular weight excluding hydrogens is 152 g/mol. The molecule has 3 heteroatoms. The lowest BCUT2D eigenvalue weighted by atomic mass is 9.93. The summed E-state index contributed by atoms with van der Waals surface area (Å²) in [6, 6.07) is 0. The third kappa shape index (κ3) is 1.49. The Hall–Kier alpha value is -0.120. The minimum atomic E-state index is 0.509. The number of rotatable bonds is 2. The second-order valence-electron chi connectivity index (χ2n) is 4.22. The highest BCUT2D eigenvalue weighted by atomic mass is 16.5. The van der Waals surface area contributed by atoms with Crippen LogP contribution in [0.4, 0.5) is 0 Å². The summed E-state index contributed by atoms with van der Waals surface area (Å²) in [5, 5.41) is 3.38. The SMILES string of the molecule is CN(C)CC1CO[C@@H]2CNCC12. The highest BCUT2D eigenvalue weighted by molar-refractivity contribution is 4.92. The largest absolute Gasteiger partial charge is 0.376 e. The molecule has 2 aliphatic heterocycles. The molecule has 0 spiro atoms. The summed E-state index contributed by atoms with van der Waals surface area (Å²) in [7, 11) is 4.27. The Labute approximate surface area is 74.1 Å². The normalized spacial score (nSPS) is 40.8. The van der Waals surface area contributed by atoms with Crippen LogP contribution in [0.1, 0.15) is 0 Å². The molecule has 12 heavy (non-hydrogen) atoms. The fourth-order valence-electron chi connectivity index (χ4n) is 2.36. The molecular formula is C9H18N2O. The predicted octanol–water partition coefficient (Wildman–Crippen LogP) is -0.218. The van der Waals surface area contributed by atoms with E-state index in [1.807, 2.05) is 0 Å². The third-order valence-electron chi connectivity index (χ3n) is 2.93. The molecule has 2 fully saturated rings. The Morgan fingerprint density at radius 2 is 2.25 bits per heavy atom. The average molecular weight is 170 g/mol. The minimum absolute atomic E-state index is 0.509. The molecule has 2 heterocycles. The zero-order valence-electron chi connectivity index (χ0n) is 7.92. The predicted molar refractivity (Wildman–Crippen MR) is 48.1 cm³/mol. The van der Waals surface area contributed by atoms with E-state index in [1.165, 1.54) is 6.54 Å². The van der Waals surface area contributed by atoms with Gasteiger partial charge in [0.1, 0.15) is 0 Å². The first-order valence-corrected chi connectivity index (χ1v) is 4.74. The average Bonchev–Trinajstić information content (AvgIpc) is 2.52. The van der Waals surface area contributed by atoms with Gasteiger partial charge in [-0.2, -0.15) is 0 Å². The van der Waals surface area contributed by atoms with Gasteiger partial charge in [-0.15, -0.1) is 0 Å². The van der Waals surface area contributed by atoms with E-state index in [4.69, 9.17) is 4.74 Å². The molecule has 0 amide bonds. The Kier molecular flexibility index (Phi) is 2.35. The molecule has 70 valence electrons. The van der Waals surface area contributed by atoms with Gasteiger partial charge in [-0.1, -0.05) is 0 Å². The Morgan fingerprint density at radius 3 is 3.00 bits per heavy atom. The number of ether oxygens (including phenoxy) is 1. The van der Waals surface area contributed by atoms with Crippen LogP contribution in [-0.2, 0) is 4.74 Å². The second kappa shape index (κ2) is 3.32. The van der Waals surface area contributed by atoms with Crippen LogP contribution >= 0.6 is 0 Å². The second-order valence-corrected chi connectivity index (χ2v) is 4.22. The first-order chi connectivity index (χ1) is 5.77. The third-order valence-corrected chi connectivity index (χ3v) is 2.93. The van der Waals surface area contributed by atoms with E-state index in [-0.39, 0.29) is 0 Å². The molecule has 2 saturated heterocycles. The molecule has 0 aliphatic carbocycles. The lowest BCUT2D eigenvalue weighted by Gasteiger charge is -2.19. The molecule has 1 N–H and O–H groups in total. The van der Waals surface area contributed by atoms with Gasteiger partial charge in [-0.3, -0.25) is 0 Å². The van der Waals surface area contributed by atoms with Gasteiger partial charge in [0.15, 0.2) is 0 Å². The molecule has 3 nitrogen and oxygen atoms in total. The quantitative estimate of drug-likeness (QED) is 0.620. The summed E-state index contributed by atoms with van der Waals surface area (Å²) in [6.45, 7) is 4.36. The Bertz CT molecular complexity index is 161. The van der Waals surface area contributed by atoms with Gasteiger partial charge in [0.25, 0.3) is 0 Å². The molecule has 3 atom stereocenters. The van der Waals surface area contributed by atoms with Gasteiger partial charge >= 0.3 is 0 Å². The van der Waals surface area contributed by atoms with Crippen molar-refractivity contribution < 1.29 is 4.74 Å². The first kappa shape index (κ1) is 8.48. The zero-order chi connectivity index (χ0) is 8.55. The lowest BCUT2D eigenvalue weighted by molar-refractivity contribution is 0.108. The lowest BCUT2D eigenvalue weighted by Crippen LogP contribution is -2.29. The van der Waals surface area contributed by atoms with Crippen LogP contribution in [0, 0.1) is 11.8 Å². The van der Waals surface area contributed by atoms with Crippen molar-refractivity contribution in [1.82, 2.24) is 10.2 Å². The van der Waals surface area contributed by atoms with Gasteiger partial charge in [-0.25, -0.2) is 0 Å². The molecule has 0 radical (unpaired) electrons.